The van der Waals surface area contributed by atoms with Gasteiger partial charge in [0, 0.05) is 13.1 Å². The lowest BCUT2D eigenvalue weighted by molar-refractivity contribution is -0.130. The van der Waals surface area contributed by atoms with Crippen molar-refractivity contribution >= 4 is 17.7 Å². The summed E-state index contributed by atoms with van der Waals surface area (Å²) in [6, 6.07) is 10.7. The number of benzene rings is 1. The van der Waals surface area contributed by atoms with Crippen molar-refractivity contribution < 1.29 is 4.79 Å². The number of nitrogens with zero attached hydrogens (tertiary/aromatic N) is 1. The number of aryl methyl sites for hydroxylation is 1. The molecule has 104 valence electrons. The minimum Gasteiger partial charge on any atom is -0.342 e. The first kappa shape index (κ1) is 14.4. The molecule has 19 heavy (non-hydrogen) atoms. The van der Waals surface area contributed by atoms with Gasteiger partial charge in [-0.1, -0.05) is 30.3 Å². The Morgan fingerprint density at radius 2 is 2.16 bits per heavy atom. The molecule has 0 N–H and O–H groups in total. The molecule has 0 aliphatic carbocycles. The summed E-state index contributed by atoms with van der Waals surface area (Å²) in [5, 5.41) is 0. The van der Waals surface area contributed by atoms with Gasteiger partial charge >= 0.3 is 0 Å². The third-order valence-corrected chi connectivity index (χ3v) is 4.36. The molecule has 1 atom stereocenters. The molecular formula is C16H23NOS. The minimum absolute atomic E-state index is 0.317. The average Bonchev–Trinajstić information content (AvgIpc) is 2.47. The monoisotopic (exact) mass is 277 g/mol. The summed E-state index contributed by atoms with van der Waals surface area (Å²) in [5.74, 6) is 1.63. The van der Waals surface area contributed by atoms with Crippen molar-refractivity contribution in [2.24, 2.45) is 5.92 Å². The van der Waals surface area contributed by atoms with Crippen molar-refractivity contribution in [1.82, 2.24) is 4.90 Å². The standard InChI is InChI=1S/C16H23NOS/c1-19-13-16(18)17-11-5-8-15(12-17)10-9-14-6-3-2-4-7-14/h2-4,6-7,15H,5,8-13H2,1H3/t15-/m0/s1. The number of amides is 1. The highest BCUT2D eigenvalue weighted by atomic mass is 32.2. The molecule has 0 aromatic heterocycles. The van der Waals surface area contributed by atoms with Crippen LogP contribution in [-0.2, 0) is 11.2 Å². The molecule has 2 rings (SSSR count). The van der Waals surface area contributed by atoms with Crippen LogP contribution in [0.2, 0.25) is 0 Å². The molecule has 1 aliphatic rings. The smallest absolute Gasteiger partial charge is 0.232 e. The van der Waals surface area contributed by atoms with Crippen LogP contribution in [0.5, 0.6) is 0 Å². The van der Waals surface area contributed by atoms with E-state index in [1.165, 1.54) is 24.8 Å². The van der Waals surface area contributed by atoms with Gasteiger partial charge in [-0.3, -0.25) is 4.79 Å². The molecule has 1 aromatic carbocycles. The van der Waals surface area contributed by atoms with Crippen LogP contribution in [0.4, 0.5) is 0 Å². The Morgan fingerprint density at radius 3 is 2.89 bits per heavy atom. The molecule has 0 saturated carbocycles. The fourth-order valence-corrected chi connectivity index (χ4v) is 3.19. The number of carbonyl (C=O) groups excluding carboxylic acids is 1. The zero-order valence-corrected chi connectivity index (χ0v) is 12.5. The lowest BCUT2D eigenvalue weighted by atomic mass is 9.91. The lowest BCUT2D eigenvalue weighted by Gasteiger charge is -2.32. The third kappa shape index (κ3) is 4.57. The fourth-order valence-electron chi connectivity index (χ4n) is 2.76. The second-order valence-corrected chi connectivity index (χ2v) is 6.17. The summed E-state index contributed by atoms with van der Waals surface area (Å²) in [7, 11) is 0. The van der Waals surface area contributed by atoms with Crippen LogP contribution < -0.4 is 0 Å². The largest absolute Gasteiger partial charge is 0.342 e. The van der Waals surface area contributed by atoms with E-state index in [0.717, 1.165) is 19.5 Å². The highest BCUT2D eigenvalue weighted by Crippen LogP contribution is 2.22. The Labute approximate surface area is 120 Å². The van der Waals surface area contributed by atoms with Crippen LogP contribution in [0.1, 0.15) is 24.8 Å². The highest BCUT2D eigenvalue weighted by Gasteiger charge is 2.22. The number of piperidine rings is 1. The van der Waals surface area contributed by atoms with Gasteiger partial charge < -0.3 is 4.90 Å². The number of hydrogen-bond donors (Lipinski definition) is 0. The van der Waals surface area contributed by atoms with E-state index >= 15 is 0 Å². The Morgan fingerprint density at radius 1 is 1.37 bits per heavy atom. The molecule has 0 bridgehead atoms. The summed E-state index contributed by atoms with van der Waals surface area (Å²) in [6.07, 6.45) is 6.77. The Hall–Kier alpha value is -0.960. The van der Waals surface area contributed by atoms with Gasteiger partial charge in [-0.05, 0) is 43.4 Å². The second-order valence-electron chi connectivity index (χ2n) is 5.31. The highest BCUT2D eigenvalue weighted by molar-refractivity contribution is 7.99. The Balaban J connectivity index is 1.79. The fraction of sp³-hybridized carbons (Fsp3) is 0.562. The molecule has 3 heteroatoms. The molecule has 0 spiro atoms. The van der Waals surface area contributed by atoms with E-state index in [9.17, 15) is 4.79 Å². The van der Waals surface area contributed by atoms with Gasteiger partial charge in [0.05, 0.1) is 5.75 Å². The van der Waals surface area contributed by atoms with Crippen LogP contribution in [-0.4, -0.2) is 35.9 Å². The first-order valence-electron chi connectivity index (χ1n) is 7.10. The number of likely N-dealkylation sites (tertiary alicyclic amines) is 1. The van der Waals surface area contributed by atoms with E-state index in [2.05, 4.69) is 35.2 Å². The Kier molecular flexibility index (Phi) is 5.77. The van der Waals surface area contributed by atoms with Crippen LogP contribution >= 0.6 is 11.8 Å². The van der Waals surface area contributed by atoms with Crippen LogP contribution in [0, 0.1) is 5.92 Å². The lowest BCUT2D eigenvalue weighted by Crippen LogP contribution is -2.40. The molecule has 1 aliphatic heterocycles. The molecule has 2 nitrogen and oxygen atoms in total. The van der Waals surface area contributed by atoms with Crippen molar-refractivity contribution in [3.63, 3.8) is 0 Å². The van der Waals surface area contributed by atoms with E-state index in [4.69, 9.17) is 0 Å². The van der Waals surface area contributed by atoms with E-state index in [1.807, 2.05) is 6.26 Å². The van der Waals surface area contributed by atoms with Crippen molar-refractivity contribution in [1.29, 1.82) is 0 Å². The van der Waals surface area contributed by atoms with Crippen molar-refractivity contribution in [2.75, 3.05) is 25.1 Å². The quantitative estimate of drug-likeness (QED) is 0.823. The average molecular weight is 277 g/mol. The first-order valence-corrected chi connectivity index (χ1v) is 8.49. The Bertz CT molecular complexity index is 393. The summed E-state index contributed by atoms with van der Waals surface area (Å²) in [5.41, 5.74) is 1.41. The summed E-state index contributed by atoms with van der Waals surface area (Å²) in [6.45, 7) is 1.92. The zero-order chi connectivity index (χ0) is 13.5. The number of thioether (sulfide) groups is 1. The molecule has 1 heterocycles. The van der Waals surface area contributed by atoms with Gasteiger partial charge in [-0.2, -0.15) is 11.8 Å². The van der Waals surface area contributed by atoms with Crippen molar-refractivity contribution in [3.8, 4) is 0 Å². The van der Waals surface area contributed by atoms with Gasteiger partial charge in [0.2, 0.25) is 5.91 Å². The van der Waals surface area contributed by atoms with Crippen LogP contribution in [0.3, 0.4) is 0 Å². The maximum atomic E-state index is 11.9. The third-order valence-electron chi connectivity index (χ3n) is 3.82. The predicted molar refractivity (Wildman–Crippen MR) is 82.4 cm³/mol. The molecule has 1 fully saturated rings. The topological polar surface area (TPSA) is 20.3 Å². The van der Waals surface area contributed by atoms with Gasteiger partial charge in [-0.15, -0.1) is 0 Å². The zero-order valence-electron chi connectivity index (χ0n) is 11.7. The maximum absolute atomic E-state index is 11.9. The van der Waals surface area contributed by atoms with Crippen LogP contribution in [0.25, 0.3) is 0 Å². The van der Waals surface area contributed by atoms with E-state index in [0.29, 0.717) is 17.6 Å². The van der Waals surface area contributed by atoms with Crippen molar-refractivity contribution in [2.45, 2.75) is 25.7 Å². The van der Waals surface area contributed by atoms with Gasteiger partial charge in [0.1, 0.15) is 0 Å². The molecule has 0 unspecified atom stereocenters. The van der Waals surface area contributed by atoms with Gasteiger partial charge in [-0.25, -0.2) is 0 Å². The molecular weight excluding hydrogens is 254 g/mol. The maximum Gasteiger partial charge on any atom is 0.232 e. The summed E-state index contributed by atoms with van der Waals surface area (Å²) < 4.78 is 0. The van der Waals surface area contributed by atoms with Gasteiger partial charge in [0.15, 0.2) is 0 Å². The minimum atomic E-state index is 0.317. The van der Waals surface area contributed by atoms with Gasteiger partial charge in [0.25, 0.3) is 0 Å². The van der Waals surface area contributed by atoms with E-state index in [1.54, 1.807) is 11.8 Å². The molecule has 1 amide bonds. The first-order chi connectivity index (χ1) is 9.29. The van der Waals surface area contributed by atoms with E-state index < -0.39 is 0 Å². The normalized spacial score (nSPS) is 19.4. The second kappa shape index (κ2) is 7.59. The molecule has 1 aromatic rings. The van der Waals surface area contributed by atoms with Crippen LogP contribution in [0.15, 0.2) is 30.3 Å². The van der Waals surface area contributed by atoms with Crippen molar-refractivity contribution in [3.05, 3.63) is 35.9 Å². The van der Waals surface area contributed by atoms with E-state index in [-0.39, 0.29) is 0 Å². The predicted octanol–water partition coefficient (Wildman–Crippen LogP) is 3.22. The molecule has 1 saturated heterocycles. The number of hydrogen-bond acceptors (Lipinski definition) is 2. The number of carbonyl (C=O) groups is 1. The SMILES string of the molecule is CSCC(=O)N1CCC[C@@H](CCc2ccccc2)C1. The molecule has 0 radical (unpaired) electrons. The summed E-state index contributed by atoms with van der Waals surface area (Å²) >= 11 is 1.62. The summed E-state index contributed by atoms with van der Waals surface area (Å²) in [4.78, 5) is 14.0. The number of rotatable bonds is 5.